The van der Waals surface area contributed by atoms with Gasteiger partial charge in [0, 0.05) is 12.4 Å². The van der Waals surface area contributed by atoms with E-state index in [4.69, 9.17) is 4.42 Å². The number of rotatable bonds is 4. The molecule has 1 N–H and O–H groups in total. The standard InChI is InChI=1S/C11H13N3O2/c1-9(14-6-3-5-13-14)11(15)12-8-10-4-2-7-16-10/h2-7,9H,8H2,1H3,(H,12,15)/t9-/m1/s1. The minimum atomic E-state index is -0.315. The van der Waals surface area contributed by atoms with Crippen molar-refractivity contribution in [2.24, 2.45) is 0 Å². The Morgan fingerprint density at radius 3 is 3.12 bits per heavy atom. The second-order valence-corrected chi connectivity index (χ2v) is 3.46. The summed E-state index contributed by atoms with van der Waals surface area (Å²) in [6.45, 7) is 2.20. The summed E-state index contributed by atoms with van der Waals surface area (Å²) in [6.07, 6.45) is 4.99. The molecule has 2 rings (SSSR count). The molecule has 0 saturated carbocycles. The zero-order chi connectivity index (χ0) is 11.4. The van der Waals surface area contributed by atoms with Gasteiger partial charge in [-0.05, 0) is 25.1 Å². The summed E-state index contributed by atoms with van der Waals surface area (Å²) in [5.74, 6) is 0.654. The Morgan fingerprint density at radius 2 is 2.50 bits per heavy atom. The van der Waals surface area contributed by atoms with Gasteiger partial charge < -0.3 is 9.73 Å². The maximum Gasteiger partial charge on any atom is 0.244 e. The molecule has 2 aromatic rings. The first kappa shape index (κ1) is 10.5. The molecule has 5 nitrogen and oxygen atoms in total. The summed E-state index contributed by atoms with van der Waals surface area (Å²) in [5, 5.41) is 6.79. The van der Waals surface area contributed by atoms with Crippen LogP contribution < -0.4 is 5.32 Å². The van der Waals surface area contributed by atoms with Crippen LogP contribution in [0.4, 0.5) is 0 Å². The highest BCUT2D eigenvalue weighted by atomic mass is 16.3. The van der Waals surface area contributed by atoms with Gasteiger partial charge in [-0.15, -0.1) is 0 Å². The molecule has 0 unspecified atom stereocenters. The Bertz CT molecular complexity index is 434. The fourth-order valence-electron chi connectivity index (χ4n) is 1.36. The number of hydrogen-bond acceptors (Lipinski definition) is 3. The predicted octanol–water partition coefficient (Wildman–Crippen LogP) is 1.35. The highest BCUT2D eigenvalue weighted by Crippen LogP contribution is 2.04. The monoisotopic (exact) mass is 219 g/mol. The fourth-order valence-corrected chi connectivity index (χ4v) is 1.36. The summed E-state index contributed by atoms with van der Waals surface area (Å²) < 4.78 is 6.73. The average molecular weight is 219 g/mol. The minimum absolute atomic E-state index is 0.0832. The molecule has 1 amide bonds. The molecule has 0 aliphatic heterocycles. The molecule has 2 heterocycles. The van der Waals surface area contributed by atoms with Gasteiger partial charge >= 0.3 is 0 Å². The Morgan fingerprint density at radius 1 is 1.62 bits per heavy atom. The first-order valence-corrected chi connectivity index (χ1v) is 5.06. The number of carbonyl (C=O) groups excluding carboxylic acids is 1. The summed E-state index contributed by atoms with van der Waals surface area (Å²) >= 11 is 0. The van der Waals surface area contributed by atoms with Gasteiger partial charge in [-0.2, -0.15) is 5.10 Å². The lowest BCUT2D eigenvalue weighted by atomic mass is 10.3. The molecular formula is C11H13N3O2. The molecule has 1 atom stereocenters. The van der Waals surface area contributed by atoms with Crippen LogP contribution in [-0.4, -0.2) is 15.7 Å². The number of hydrogen-bond donors (Lipinski definition) is 1. The summed E-state index contributed by atoms with van der Waals surface area (Å²) in [5.41, 5.74) is 0. The second-order valence-electron chi connectivity index (χ2n) is 3.46. The average Bonchev–Trinajstić information content (AvgIpc) is 2.96. The van der Waals surface area contributed by atoms with Gasteiger partial charge in [0.2, 0.25) is 5.91 Å². The Labute approximate surface area is 93.1 Å². The maximum absolute atomic E-state index is 11.7. The van der Waals surface area contributed by atoms with Crippen LogP contribution >= 0.6 is 0 Å². The van der Waals surface area contributed by atoms with Gasteiger partial charge in [-0.25, -0.2) is 0 Å². The third-order valence-electron chi connectivity index (χ3n) is 2.32. The maximum atomic E-state index is 11.7. The molecule has 0 aromatic carbocycles. The molecular weight excluding hydrogens is 206 g/mol. The zero-order valence-electron chi connectivity index (χ0n) is 8.96. The zero-order valence-corrected chi connectivity index (χ0v) is 8.96. The van der Waals surface area contributed by atoms with E-state index in [-0.39, 0.29) is 11.9 Å². The summed E-state index contributed by atoms with van der Waals surface area (Å²) in [4.78, 5) is 11.7. The van der Waals surface area contributed by atoms with Crippen molar-refractivity contribution in [1.82, 2.24) is 15.1 Å². The lowest BCUT2D eigenvalue weighted by Gasteiger charge is -2.11. The molecule has 0 fully saturated rings. The molecule has 0 radical (unpaired) electrons. The van der Waals surface area contributed by atoms with Gasteiger partial charge in [-0.3, -0.25) is 9.48 Å². The van der Waals surface area contributed by atoms with Crippen molar-refractivity contribution in [2.45, 2.75) is 19.5 Å². The normalized spacial score (nSPS) is 12.3. The van der Waals surface area contributed by atoms with E-state index < -0.39 is 0 Å². The van der Waals surface area contributed by atoms with Crippen molar-refractivity contribution < 1.29 is 9.21 Å². The first-order chi connectivity index (χ1) is 7.77. The van der Waals surface area contributed by atoms with E-state index in [1.807, 2.05) is 6.07 Å². The Balaban J connectivity index is 1.89. The fraction of sp³-hybridized carbons (Fsp3) is 0.273. The summed E-state index contributed by atoms with van der Waals surface area (Å²) in [7, 11) is 0. The number of furan rings is 1. The van der Waals surface area contributed by atoms with Crippen LogP contribution in [0.3, 0.4) is 0 Å². The van der Waals surface area contributed by atoms with Crippen LogP contribution in [0.15, 0.2) is 41.3 Å². The van der Waals surface area contributed by atoms with Crippen LogP contribution in [0.5, 0.6) is 0 Å². The van der Waals surface area contributed by atoms with Crippen molar-refractivity contribution in [3.8, 4) is 0 Å². The van der Waals surface area contributed by atoms with Crippen LogP contribution in [-0.2, 0) is 11.3 Å². The molecule has 5 heteroatoms. The van der Waals surface area contributed by atoms with Gasteiger partial charge in [-0.1, -0.05) is 0 Å². The van der Waals surface area contributed by atoms with E-state index in [2.05, 4.69) is 10.4 Å². The lowest BCUT2D eigenvalue weighted by molar-refractivity contribution is -0.124. The van der Waals surface area contributed by atoms with Gasteiger partial charge in [0.1, 0.15) is 11.8 Å². The van der Waals surface area contributed by atoms with E-state index in [9.17, 15) is 4.79 Å². The topological polar surface area (TPSA) is 60.1 Å². The van der Waals surface area contributed by atoms with Crippen molar-refractivity contribution in [3.05, 3.63) is 42.6 Å². The molecule has 16 heavy (non-hydrogen) atoms. The van der Waals surface area contributed by atoms with Gasteiger partial charge in [0.15, 0.2) is 0 Å². The first-order valence-electron chi connectivity index (χ1n) is 5.06. The van der Waals surface area contributed by atoms with Crippen LogP contribution in [0, 0.1) is 0 Å². The molecule has 0 bridgehead atoms. The van der Waals surface area contributed by atoms with Gasteiger partial charge in [0.25, 0.3) is 0 Å². The lowest BCUT2D eigenvalue weighted by Crippen LogP contribution is -2.30. The van der Waals surface area contributed by atoms with Crippen LogP contribution in [0.1, 0.15) is 18.7 Å². The van der Waals surface area contributed by atoms with E-state index in [0.717, 1.165) is 5.76 Å². The molecule has 0 spiro atoms. The van der Waals surface area contributed by atoms with Crippen molar-refractivity contribution in [2.75, 3.05) is 0 Å². The van der Waals surface area contributed by atoms with Crippen molar-refractivity contribution in [3.63, 3.8) is 0 Å². The summed E-state index contributed by atoms with van der Waals surface area (Å²) in [6, 6.07) is 5.08. The SMILES string of the molecule is C[C@H](C(=O)NCc1ccco1)n1cccn1. The van der Waals surface area contributed by atoms with E-state index in [1.54, 1.807) is 42.4 Å². The van der Waals surface area contributed by atoms with Crippen molar-refractivity contribution >= 4 is 5.91 Å². The molecule has 2 aromatic heterocycles. The third kappa shape index (κ3) is 2.31. The highest BCUT2D eigenvalue weighted by Gasteiger charge is 2.14. The highest BCUT2D eigenvalue weighted by molar-refractivity contribution is 5.79. The van der Waals surface area contributed by atoms with Crippen LogP contribution in [0.25, 0.3) is 0 Å². The number of nitrogens with zero attached hydrogens (tertiary/aromatic N) is 2. The Kier molecular flexibility index (Phi) is 3.05. The molecule has 0 aliphatic rings. The van der Waals surface area contributed by atoms with E-state index in [0.29, 0.717) is 6.54 Å². The number of amides is 1. The molecule has 84 valence electrons. The molecule has 0 aliphatic carbocycles. The van der Waals surface area contributed by atoms with Crippen LogP contribution in [0.2, 0.25) is 0 Å². The molecule has 0 saturated heterocycles. The predicted molar refractivity (Wildman–Crippen MR) is 57.5 cm³/mol. The van der Waals surface area contributed by atoms with E-state index >= 15 is 0 Å². The van der Waals surface area contributed by atoms with Gasteiger partial charge in [0.05, 0.1) is 12.8 Å². The van der Waals surface area contributed by atoms with E-state index in [1.165, 1.54) is 0 Å². The minimum Gasteiger partial charge on any atom is -0.467 e. The van der Waals surface area contributed by atoms with Crippen molar-refractivity contribution in [1.29, 1.82) is 0 Å². The number of nitrogens with one attached hydrogen (secondary N) is 1. The number of aromatic nitrogens is 2. The second kappa shape index (κ2) is 4.65. The quantitative estimate of drug-likeness (QED) is 0.844. The largest absolute Gasteiger partial charge is 0.467 e. The third-order valence-corrected chi connectivity index (χ3v) is 2.32. The smallest absolute Gasteiger partial charge is 0.244 e. The Hall–Kier alpha value is -2.04. The number of carbonyl (C=O) groups is 1.